The van der Waals surface area contributed by atoms with Gasteiger partial charge in [-0.15, -0.1) is 0 Å². The predicted molar refractivity (Wildman–Crippen MR) is 85.7 cm³/mol. The van der Waals surface area contributed by atoms with Gasteiger partial charge in [-0.1, -0.05) is 30.3 Å². The van der Waals surface area contributed by atoms with E-state index >= 15 is 0 Å². The predicted octanol–water partition coefficient (Wildman–Crippen LogP) is 3.50. The fourth-order valence-electron chi connectivity index (χ4n) is 2.86. The molecule has 2 aromatic carbocycles. The van der Waals surface area contributed by atoms with E-state index in [0.29, 0.717) is 12.1 Å². The molecule has 5 heteroatoms. The molecule has 0 saturated heterocycles. The molecule has 0 saturated carbocycles. The molecule has 116 valence electrons. The Morgan fingerprint density at radius 3 is 2.68 bits per heavy atom. The third-order valence-electron chi connectivity index (χ3n) is 3.89. The van der Waals surface area contributed by atoms with Gasteiger partial charge in [0.25, 0.3) is 0 Å². The average molecular weight is 319 g/mol. The van der Waals surface area contributed by atoms with E-state index in [1.165, 1.54) is 22.5 Å². The summed E-state index contributed by atoms with van der Waals surface area (Å²) in [6, 6.07) is 13.4. The van der Waals surface area contributed by atoms with Crippen LogP contribution in [0.3, 0.4) is 0 Å². The molecule has 0 N–H and O–H groups in total. The highest BCUT2D eigenvalue weighted by Crippen LogP contribution is 2.29. The van der Waals surface area contributed by atoms with Gasteiger partial charge >= 0.3 is 0 Å². The Bertz CT molecular complexity index is 774. The van der Waals surface area contributed by atoms with E-state index < -0.39 is 15.8 Å². The summed E-state index contributed by atoms with van der Waals surface area (Å²) in [6.07, 6.45) is 2.70. The lowest BCUT2D eigenvalue weighted by molar-refractivity contribution is 0.588. The molecule has 3 rings (SSSR count). The van der Waals surface area contributed by atoms with E-state index in [0.717, 1.165) is 30.5 Å². The van der Waals surface area contributed by atoms with Crippen LogP contribution in [0.5, 0.6) is 0 Å². The topological polar surface area (TPSA) is 37.4 Å². The van der Waals surface area contributed by atoms with Crippen molar-refractivity contribution in [1.29, 1.82) is 0 Å². The molecule has 1 aliphatic rings. The van der Waals surface area contributed by atoms with Crippen molar-refractivity contribution in [2.24, 2.45) is 0 Å². The van der Waals surface area contributed by atoms with Gasteiger partial charge in [-0.25, -0.2) is 12.8 Å². The van der Waals surface area contributed by atoms with Crippen molar-refractivity contribution in [1.82, 2.24) is 0 Å². The minimum absolute atomic E-state index is 0.181. The van der Waals surface area contributed by atoms with Gasteiger partial charge in [0.05, 0.1) is 11.4 Å². The lowest BCUT2D eigenvalue weighted by Crippen LogP contribution is -2.32. The summed E-state index contributed by atoms with van der Waals surface area (Å²) in [5.41, 5.74) is 2.29. The summed E-state index contributed by atoms with van der Waals surface area (Å²) in [6.45, 7) is 0.481. The third-order valence-corrected chi connectivity index (χ3v) is 5.64. The fraction of sp³-hybridized carbons (Fsp3) is 0.294. The van der Waals surface area contributed by atoms with Crippen LogP contribution in [0.1, 0.15) is 24.0 Å². The second-order valence-corrected chi connectivity index (χ2v) is 7.44. The first-order valence-corrected chi connectivity index (χ1v) is 9.00. The van der Waals surface area contributed by atoms with Crippen molar-refractivity contribution >= 4 is 15.7 Å². The third kappa shape index (κ3) is 3.14. The number of benzene rings is 2. The van der Waals surface area contributed by atoms with Crippen LogP contribution in [0.25, 0.3) is 0 Å². The van der Waals surface area contributed by atoms with Crippen LogP contribution in [0.15, 0.2) is 48.5 Å². The van der Waals surface area contributed by atoms with Crippen LogP contribution in [0.4, 0.5) is 10.1 Å². The van der Waals surface area contributed by atoms with E-state index in [1.54, 1.807) is 6.07 Å². The molecule has 0 radical (unpaired) electrons. The van der Waals surface area contributed by atoms with Crippen LogP contribution in [-0.4, -0.2) is 15.0 Å². The quantitative estimate of drug-likeness (QED) is 0.868. The van der Waals surface area contributed by atoms with Gasteiger partial charge in [0.1, 0.15) is 5.82 Å². The van der Waals surface area contributed by atoms with Crippen molar-refractivity contribution in [3.8, 4) is 0 Å². The Hall–Kier alpha value is -1.88. The summed E-state index contributed by atoms with van der Waals surface area (Å²) in [7, 11) is -3.52. The second kappa shape index (κ2) is 6.08. The standard InChI is InChI=1S/C17H18FNO2S/c18-16-9-5-6-14(12-16)13-22(20,21)19-11-4-3-8-15-7-1-2-10-17(15)19/h1-2,5-7,9-10,12H,3-4,8,11,13H2. The maximum absolute atomic E-state index is 13.3. The van der Waals surface area contributed by atoms with Gasteiger partial charge in [-0.05, 0) is 48.6 Å². The molecule has 0 spiro atoms. The second-order valence-electron chi connectivity index (χ2n) is 5.54. The first-order valence-electron chi connectivity index (χ1n) is 7.39. The molecule has 0 aliphatic carbocycles. The summed E-state index contributed by atoms with van der Waals surface area (Å²) < 4.78 is 40.3. The highest BCUT2D eigenvalue weighted by atomic mass is 32.2. The molecule has 0 fully saturated rings. The van der Waals surface area contributed by atoms with Crippen LogP contribution in [0.2, 0.25) is 0 Å². The molecule has 0 aromatic heterocycles. The first-order chi connectivity index (χ1) is 10.6. The lowest BCUT2D eigenvalue weighted by atomic mass is 10.1. The molecule has 0 atom stereocenters. The largest absolute Gasteiger partial charge is 0.270 e. The minimum atomic E-state index is -3.52. The summed E-state index contributed by atoms with van der Waals surface area (Å²) in [5.74, 6) is -0.594. The Morgan fingerprint density at radius 1 is 1.05 bits per heavy atom. The normalized spacial score (nSPS) is 15.2. The van der Waals surface area contributed by atoms with Gasteiger partial charge in [0.15, 0.2) is 0 Å². The Balaban J connectivity index is 1.95. The molecule has 1 heterocycles. The molecule has 0 bridgehead atoms. The van der Waals surface area contributed by atoms with Gasteiger partial charge in [-0.3, -0.25) is 4.31 Å². The number of anilines is 1. The van der Waals surface area contributed by atoms with Crippen LogP contribution < -0.4 is 4.31 Å². The fourth-order valence-corrected chi connectivity index (χ4v) is 4.50. The smallest absolute Gasteiger partial charge is 0.239 e. The molecular formula is C17H18FNO2S. The van der Waals surface area contributed by atoms with E-state index in [1.807, 2.05) is 24.3 Å². The maximum atomic E-state index is 13.3. The van der Waals surface area contributed by atoms with Crippen molar-refractivity contribution in [2.45, 2.75) is 25.0 Å². The summed E-state index contributed by atoms with van der Waals surface area (Å²) >= 11 is 0. The maximum Gasteiger partial charge on any atom is 0.239 e. The number of rotatable bonds is 3. The SMILES string of the molecule is O=S(=O)(Cc1cccc(F)c1)N1CCCCc2ccccc21. The van der Waals surface area contributed by atoms with Crippen molar-refractivity contribution < 1.29 is 12.8 Å². The number of fused-ring (bicyclic) bond motifs is 1. The monoisotopic (exact) mass is 319 g/mol. The van der Waals surface area contributed by atoms with Crippen molar-refractivity contribution in [3.05, 3.63) is 65.5 Å². The minimum Gasteiger partial charge on any atom is -0.270 e. The molecule has 0 amide bonds. The molecule has 22 heavy (non-hydrogen) atoms. The lowest BCUT2D eigenvalue weighted by Gasteiger charge is -2.24. The number of hydrogen-bond acceptors (Lipinski definition) is 2. The van der Waals surface area contributed by atoms with E-state index in [-0.39, 0.29) is 5.75 Å². The number of nitrogens with zero attached hydrogens (tertiary/aromatic N) is 1. The Labute approximate surface area is 130 Å². The molecule has 1 aliphatic heterocycles. The number of halogens is 1. The number of para-hydroxylation sites is 1. The Morgan fingerprint density at radius 2 is 1.86 bits per heavy atom. The molecule has 2 aromatic rings. The van der Waals surface area contributed by atoms with Crippen LogP contribution >= 0.6 is 0 Å². The van der Waals surface area contributed by atoms with Crippen molar-refractivity contribution in [3.63, 3.8) is 0 Å². The average Bonchev–Trinajstić information content (AvgIpc) is 2.69. The zero-order chi connectivity index (χ0) is 15.6. The summed E-state index contributed by atoms with van der Waals surface area (Å²) in [5, 5.41) is 0. The van der Waals surface area contributed by atoms with E-state index in [2.05, 4.69) is 0 Å². The molecular weight excluding hydrogens is 301 g/mol. The molecule has 0 unspecified atom stereocenters. The highest BCUT2D eigenvalue weighted by Gasteiger charge is 2.26. The van der Waals surface area contributed by atoms with E-state index in [9.17, 15) is 12.8 Å². The van der Waals surface area contributed by atoms with Gasteiger partial charge in [0.2, 0.25) is 10.0 Å². The summed E-state index contributed by atoms with van der Waals surface area (Å²) in [4.78, 5) is 0. The number of aryl methyl sites for hydroxylation is 1. The van der Waals surface area contributed by atoms with Crippen LogP contribution in [0, 0.1) is 5.82 Å². The zero-order valence-electron chi connectivity index (χ0n) is 12.2. The first kappa shape index (κ1) is 15.0. The van der Waals surface area contributed by atoms with E-state index in [4.69, 9.17) is 0 Å². The highest BCUT2D eigenvalue weighted by molar-refractivity contribution is 7.92. The zero-order valence-corrected chi connectivity index (χ0v) is 13.0. The number of sulfonamides is 1. The van der Waals surface area contributed by atoms with Crippen molar-refractivity contribution in [2.75, 3.05) is 10.8 Å². The van der Waals surface area contributed by atoms with Crippen LogP contribution in [-0.2, 0) is 22.2 Å². The Kier molecular flexibility index (Phi) is 4.16. The van der Waals surface area contributed by atoms with Gasteiger partial charge in [-0.2, -0.15) is 0 Å². The number of hydrogen-bond donors (Lipinski definition) is 0. The molecule has 3 nitrogen and oxygen atoms in total. The van der Waals surface area contributed by atoms with Gasteiger partial charge < -0.3 is 0 Å². The van der Waals surface area contributed by atoms with Gasteiger partial charge in [0, 0.05) is 6.54 Å².